The zero-order valence-electron chi connectivity index (χ0n) is 10.1. The first kappa shape index (κ1) is 14.9. The molecule has 0 bridgehead atoms. The minimum Gasteiger partial charge on any atom is -0.309 e. The lowest BCUT2D eigenvalue weighted by atomic mass is 10.1. The van der Waals surface area contributed by atoms with Gasteiger partial charge in [-0.15, -0.1) is 11.8 Å². The SMILES string of the molecule is CN(C)CCSc1ccc(C#N)c(C(F)(F)F)c1. The van der Waals surface area contributed by atoms with Gasteiger partial charge in [-0.1, -0.05) is 0 Å². The van der Waals surface area contributed by atoms with Crippen molar-refractivity contribution in [3.8, 4) is 6.07 Å². The van der Waals surface area contributed by atoms with Crippen molar-refractivity contribution in [2.24, 2.45) is 0 Å². The number of hydrogen-bond acceptors (Lipinski definition) is 3. The summed E-state index contributed by atoms with van der Waals surface area (Å²) in [5.41, 5.74) is -1.20. The summed E-state index contributed by atoms with van der Waals surface area (Å²) in [6.07, 6.45) is -4.48. The van der Waals surface area contributed by atoms with Crippen molar-refractivity contribution in [1.82, 2.24) is 4.90 Å². The fourth-order valence-electron chi connectivity index (χ4n) is 1.29. The van der Waals surface area contributed by atoms with E-state index in [1.165, 1.54) is 17.8 Å². The Morgan fingerprint density at radius 3 is 2.50 bits per heavy atom. The molecular weight excluding hydrogens is 261 g/mol. The van der Waals surface area contributed by atoms with E-state index in [1.807, 2.05) is 19.0 Å². The van der Waals surface area contributed by atoms with Gasteiger partial charge in [-0.05, 0) is 32.3 Å². The normalized spacial score (nSPS) is 11.6. The number of nitriles is 1. The Labute approximate surface area is 108 Å². The molecule has 18 heavy (non-hydrogen) atoms. The maximum Gasteiger partial charge on any atom is 0.417 e. The van der Waals surface area contributed by atoms with Gasteiger partial charge in [0.15, 0.2) is 0 Å². The van der Waals surface area contributed by atoms with Crippen LogP contribution in [0, 0.1) is 11.3 Å². The molecule has 0 unspecified atom stereocenters. The lowest BCUT2D eigenvalue weighted by Gasteiger charge is -2.12. The standard InChI is InChI=1S/C12H13F3N2S/c1-17(2)5-6-18-10-4-3-9(8-16)11(7-10)12(13,14)15/h3-4,7H,5-6H2,1-2H3. The molecule has 0 atom stereocenters. The summed E-state index contributed by atoms with van der Waals surface area (Å²) in [6, 6.07) is 5.38. The highest BCUT2D eigenvalue weighted by molar-refractivity contribution is 7.99. The smallest absolute Gasteiger partial charge is 0.309 e. The lowest BCUT2D eigenvalue weighted by Crippen LogP contribution is -2.14. The van der Waals surface area contributed by atoms with Gasteiger partial charge in [0.2, 0.25) is 0 Å². The average molecular weight is 274 g/mol. The van der Waals surface area contributed by atoms with Crippen LogP contribution in [-0.2, 0) is 6.18 Å². The Kier molecular flexibility index (Phi) is 5.05. The number of thioether (sulfide) groups is 1. The van der Waals surface area contributed by atoms with Crippen molar-refractivity contribution in [3.63, 3.8) is 0 Å². The Balaban J connectivity index is 2.88. The Hall–Kier alpha value is -1.19. The lowest BCUT2D eigenvalue weighted by molar-refractivity contribution is -0.137. The monoisotopic (exact) mass is 274 g/mol. The third-order valence-electron chi connectivity index (χ3n) is 2.22. The third-order valence-corrected chi connectivity index (χ3v) is 3.20. The van der Waals surface area contributed by atoms with Gasteiger partial charge in [0.05, 0.1) is 17.2 Å². The number of rotatable bonds is 4. The van der Waals surface area contributed by atoms with Crippen molar-refractivity contribution in [2.45, 2.75) is 11.1 Å². The molecule has 98 valence electrons. The minimum absolute atomic E-state index is 0.334. The first-order valence-corrected chi connectivity index (χ1v) is 6.22. The summed E-state index contributed by atoms with van der Waals surface area (Å²) in [7, 11) is 3.81. The topological polar surface area (TPSA) is 27.0 Å². The molecule has 0 heterocycles. The molecule has 1 aromatic rings. The minimum atomic E-state index is -4.48. The zero-order chi connectivity index (χ0) is 13.8. The van der Waals surface area contributed by atoms with E-state index in [-0.39, 0.29) is 5.56 Å². The van der Waals surface area contributed by atoms with Gasteiger partial charge in [-0.2, -0.15) is 18.4 Å². The molecule has 0 aliphatic carbocycles. The van der Waals surface area contributed by atoms with Crippen LogP contribution in [0.5, 0.6) is 0 Å². The summed E-state index contributed by atoms with van der Waals surface area (Å²) in [5.74, 6) is 0.705. The van der Waals surface area contributed by atoms with Crippen molar-refractivity contribution in [2.75, 3.05) is 26.4 Å². The van der Waals surface area contributed by atoms with Crippen LogP contribution < -0.4 is 0 Å². The highest BCUT2D eigenvalue weighted by atomic mass is 32.2. The van der Waals surface area contributed by atoms with Gasteiger partial charge >= 0.3 is 6.18 Å². The Bertz CT molecular complexity index is 450. The molecule has 0 saturated carbocycles. The highest BCUT2D eigenvalue weighted by Gasteiger charge is 2.33. The van der Waals surface area contributed by atoms with Crippen LogP contribution in [0.1, 0.15) is 11.1 Å². The predicted octanol–water partition coefficient (Wildman–Crippen LogP) is 3.23. The van der Waals surface area contributed by atoms with Crippen LogP contribution in [-0.4, -0.2) is 31.3 Å². The molecule has 0 saturated heterocycles. The number of alkyl halides is 3. The molecule has 2 nitrogen and oxygen atoms in total. The Morgan fingerprint density at radius 2 is 2.00 bits per heavy atom. The summed E-state index contributed by atoms with van der Waals surface area (Å²) >= 11 is 1.35. The quantitative estimate of drug-likeness (QED) is 0.789. The molecule has 0 aromatic heterocycles. The van der Waals surface area contributed by atoms with Gasteiger partial charge in [0, 0.05) is 17.2 Å². The van der Waals surface area contributed by atoms with Crippen LogP contribution in [0.3, 0.4) is 0 Å². The summed E-state index contributed by atoms with van der Waals surface area (Å²) in [4.78, 5) is 2.49. The van der Waals surface area contributed by atoms with E-state index in [2.05, 4.69) is 0 Å². The summed E-state index contributed by atoms with van der Waals surface area (Å²) in [5, 5.41) is 8.66. The molecule has 6 heteroatoms. The van der Waals surface area contributed by atoms with E-state index >= 15 is 0 Å². The van der Waals surface area contributed by atoms with E-state index in [0.29, 0.717) is 10.6 Å². The average Bonchev–Trinajstić information content (AvgIpc) is 2.27. The summed E-state index contributed by atoms with van der Waals surface area (Å²) in [6.45, 7) is 0.784. The molecule has 0 radical (unpaired) electrons. The van der Waals surface area contributed by atoms with E-state index in [4.69, 9.17) is 5.26 Å². The molecular formula is C12H13F3N2S. The number of hydrogen-bond donors (Lipinski definition) is 0. The van der Waals surface area contributed by atoms with Crippen LogP contribution in [0.4, 0.5) is 13.2 Å². The number of benzene rings is 1. The fraction of sp³-hybridized carbons (Fsp3) is 0.417. The van der Waals surface area contributed by atoms with Crippen LogP contribution in [0.25, 0.3) is 0 Å². The van der Waals surface area contributed by atoms with Gasteiger partial charge in [0.1, 0.15) is 0 Å². The van der Waals surface area contributed by atoms with E-state index in [9.17, 15) is 13.2 Å². The van der Waals surface area contributed by atoms with E-state index < -0.39 is 11.7 Å². The molecule has 0 fully saturated rings. The molecule has 0 amide bonds. The van der Waals surface area contributed by atoms with Crippen molar-refractivity contribution in [3.05, 3.63) is 29.3 Å². The first-order valence-electron chi connectivity index (χ1n) is 5.23. The predicted molar refractivity (Wildman–Crippen MR) is 65.4 cm³/mol. The zero-order valence-corrected chi connectivity index (χ0v) is 10.9. The third kappa shape index (κ3) is 4.24. The highest BCUT2D eigenvalue weighted by Crippen LogP contribution is 2.34. The van der Waals surface area contributed by atoms with Gasteiger partial charge in [0.25, 0.3) is 0 Å². The van der Waals surface area contributed by atoms with E-state index in [0.717, 1.165) is 12.6 Å². The molecule has 0 aliphatic heterocycles. The maximum atomic E-state index is 12.7. The van der Waals surface area contributed by atoms with Gasteiger partial charge < -0.3 is 4.90 Å². The molecule has 0 aliphatic rings. The second-order valence-electron chi connectivity index (χ2n) is 3.97. The Morgan fingerprint density at radius 1 is 1.33 bits per heavy atom. The fourth-order valence-corrected chi connectivity index (χ4v) is 2.35. The first-order chi connectivity index (χ1) is 8.34. The molecule has 0 spiro atoms. The number of halogens is 3. The van der Waals surface area contributed by atoms with E-state index in [1.54, 1.807) is 12.1 Å². The second kappa shape index (κ2) is 6.12. The molecule has 1 aromatic carbocycles. The van der Waals surface area contributed by atoms with Gasteiger partial charge in [-0.3, -0.25) is 0 Å². The van der Waals surface area contributed by atoms with Crippen molar-refractivity contribution in [1.29, 1.82) is 5.26 Å². The van der Waals surface area contributed by atoms with Crippen LogP contribution >= 0.6 is 11.8 Å². The second-order valence-corrected chi connectivity index (χ2v) is 5.14. The maximum absolute atomic E-state index is 12.7. The van der Waals surface area contributed by atoms with Crippen molar-refractivity contribution >= 4 is 11.8 Å². The molecule has 1 rings (SSSR count). The summed E-state index contributed by atoms with van der Waals surface area (Å²) < 4.78 is 38.1. The number of nitrogens with zero attached hydrogens (tertiary/aromatic N) is 2. The van der Waals surface area contributed by atoms with Crippen LogP contribution in [0.15, 0.2) is 23.1 Å². The van der Waals surface area contributed by atoms with Gasteiger partial charge in [-0.25, -0.2) is 0 Å². The largest absolute Gasteiger partial charge is 0.417 e. The van der Waals surface area contributed by atoms with Crippen molar-refractivity contribution < 1.29 is 13.2 Å². The van der Waals surface area contributed by atoms with Crippen LogP contribution in [0.2, 0.25) is 0 Å². The molecule has 0 N–H and O–H groups in total.